The smallest absolute Gasteiger partial charge is 0.327 e. The minimum Gasteiger partial charge on any atom is -0.494 e. The number of aliphatic carboxylic acids is 1. The standard InChI is InChI=1S/C18H23NO5S/c1-4-9-24-12(2)15-8-6-5-7-14(15)10-17(21)25-11-16(18(22)23)19-13(3)20/h5-8,16H,2,4,9-11H2,1,3H3,(H,19,20)(H,22,23). The molecule has 1 aromatic rings. The molecule has 0 aliphatic heterocycles. The van der Waals surface area contributed by atoms with Crippen LogP contribution in [0.4, 0.5) is 0 Å². The Labute approximate surface area is 151 Å². The number of carboxylic acid groups (broad SMARTS) is 1. The number of thioether (sulfide) groups is 1. The third-order valence-corrected chi connectivity index (χ3v) is 4.19. The first kappa shape index (κ1) is 20.8. The van der Waals surface area contributed by atoms with E-state index in [0.717, 1.165) is 29.3 Å². The van der Waals surface area contributed by atoms with Crippen molar-refractivity contribution in [2.45, 2.75) is 32.7 Å². The molecule has 136 valence electrons. The number of nitrogens with one attached hydrogen (secondary N) is 1. The Morgan fingerprint density at radius 3 is 2.60 bits per heavy atom. The Balaban J connectivity index is 2.69. The number of hydrogen-bond donors (Lipinski definition) is 2. The number of carboxylic acids is 1. The van der Waals surface area contributed by atoms with Gasteiger partial charge in [-0.25, -0.2) is 4.79 Å². The molecule has 6 nitrogen and oxygen atoms in total. The van der Waals surface area contributed by atoms with Crippen molar-refractivity contribution in [3.8, 4) is 0 Å². The van der Waals surface area contributed by atoms with Crippen LogP contribution in [-0.2, 0) is 25.5 Å². The Morgan fingerprint density at radius 2 is 2.00 bits per heavy atom. The zero-order valence-electron chi connectivity index (χ0n) is 14.4. The fourth-order valence-electron chi connectivity index (χ4n) is 2.05. The summed E-state index contributed by atoms with van der Waals surface area (Å²) in [5.74, 6) is -1.13. The summed E-state index contributed by atoms with van der Waals surface area (Å²) in [5.41, 5.74) is 1.54. The van der Waals surface area contributed by atoms with E-state index >= 15 is 0 Å². The molecule has 1 atom stereocenters. The topological polar surface area (TPSA) is 92.7 Å². The van der Waals surface area contributed by atoms with Gasteiger partial charge in [0, 0.05) is 24.7 Å². The average molecular weight is 365 g/mol. The summed E-state index contributed by atoms with van der Waals surface area (Å²) in [4.78, 5) is 34.3. The Bertz CT molecular complexity index is 644. The lowest BCUT2D eigenvalue weighted by Gasteiger charge is -2.14. The van der Waals surface area contributed by atoms with Gasteiger partial charge in [0.2, 0.25) is 5.91 Å². The fourth-order valence-corrected chi connectivity index (χ4v) is 2.89. The van der Waals surface area contributed by atoms with Gasteiger partial charge in [0.1, 0.15) is 11.8 Å². The molecule has 2 N–H and O–H groups in total. The highest BCUT2D eigenvalue weighted by atomic mass is 32.2. The number of hydrogen-bond acceptors (Lipinski definition) is 5. The number of carbonyl (C=O) groups is 3. The van der Waals surface area contributed by atoms with Crippen LogP contribution in [0.2, 0.25) is 0 Å². The average Bonchev–Trinajstić information content (AvgIpc) is 2.56. The second-order valence-corrected chi connectivity index (χ2v) is 6.46. The summed E-state index contributed by atoms with van der Waals surface area (Å²) >= 11 is 0.883. The van der Waals surface area contributed by atoms with Gasteiger partial charge in [0.25, 0.3) is 0 Å². The Morgan fingerprint density at radius 1 is 1.32 bits per heavy atom. The molecule has 25 heavy (non-hydrogen) atoms. The van der Waals surface area contributed by atoms with Crippen LogP contribution in [0.1, 0.15) is 31.4 Å². The molecule has 7 heteroatoms. The van der Waals surface area contributed by atoms with Crippen LogP contribution in [0.25, 0.3) is 5.76 Å². The second-order valence-electron chi connectivity index (χ2n) is 5.38. The molecule has 1 unspecified atom stereocenters. The zero-order valence-corrected chi connectivity index (χ0v) is 15.2. The van der Waals surface area contributed by atoms with E-state index in [0.29, 0.717) is 12.4 Å². The maximum atomic E-state index is 12.2. The van der Waals surface area contributed by atoms with E-state index in [9.17, 15) is 14.4 Å². The lowest BCUT2D eigenvalue weighted by atomic mass is 10.0. The number of carbonyl (C=O) groups excluding carboxylic acids is 2. The Hall–Kier alpha value is -2.28. The number of ether oxygens (including phenoxy) is 1. The van der Waals surface area contributed by atoms with E-state index in [1.165, 1.54) is 6.92 Å². The van der Waals surface area contributed by atoms with Crippen LogP contribution >= 0.6 is 11.8 Å². The molecule has 0 heterocycles. The number of benzene rings is 1. The van der Waals surface area contributed by atoms with E-state index < -0.39 is 17.9 Å². The van der Waals surface area contributed by atoms with E-state index in [-0.39, 0.29) is 17.3 Å². The van der Waals surface area contributed by atoms with Gasteiger partial charge in [-0.1, -0.05) is 49.5 Å². The summed E-state index contributed by atoms with van der Waals surface area (Å²) < 4.78 is 5.54. The van der Waals surface area contributed by atoms with Gasteiger partial charge in [0.15, 0.2) is 5.12 Å². The summed E-state index contributed by atoms with van der Waals surface area (Å²) in [5, 5.41) is 11.2. The maximum absolute atomic E-state index is 12.2. The first-order valence-electron chi connectivity index (χ1n) is 7.90. The van der Waals surface area contributed by atoms with Crippen molar-refractivity contribution >= 4 is 34.5 Å². The van der Waals surface area contributed by atoms with Gasteiger partial charge in [-0.2, -0.15) is 0 Å². The van der Waals surface area contributed by atoms with E-state index in [2.05, 4.69) is 11.9 Å². The summed E-state index contributed by atoms with van der Waals surface area (Å²) in [6, 6.07) is 6.22. The van der Waals surface area contributed by atoms with Gasteiger partial charge in [-0.3, -0.25) is 9.59 Å². The normalized spacial score (nSPS) is 11.4. The van der Waals surface area contributed by atoms with Crippen LogP contribution in [0.15, 0.2) is 30.8 Å². The van der Waals surface area contributed by atoms with Crippen molar-refractivity contribution in [1.29, 1.82) is 0 Å². The molecule has 0 saturated heterocycles. The molecule has 1 amide bonds. The monoisotopic (exact) mass is 365 g/mol. The highest BCUT2D eigenvalue weighted by molar-refractivity contribution is 8.13. The van der Waals surface area contributed by atoms with Crippen LogP contribution in [0, 0.1) is 0 Å². The predicted octanol–water partition coefficient (Wildman–Crippen LogP) is 2.48. The number of amides is 1. The molecule has 0 bridgehead atoms. The zero-order chi connectivity index (χ0) is 18.8. The molecule has 0 aromatic heterocycles. The molecule has 0 radical (unpaired) electrons. The minimum atomic E-state index is -1.17. The Kier molecular flexibility index (Phi) is 8.77. The van der Waals surface area contributed by atoms with E-state index in [1.807, 2.05) is 31.2 Å². The molecule has 0 aliphatic rings. The number of rotatable bonds is 10. The van der Waals surface area contributed by atoms with Crippen molar-refractivity contribution in [2.24, 2.45) is 0 Å². The molecule has 0 aliphatic carbocycles. The van der Waals surface area contributed by atoms with Gasteiger partial charge in [-0.15, -0.1) is 0 Å². The lowest BCUT2D eigenvalue weighted by molar-refractivity contribution is -0.140. The van der Waals surface area contributed by atoms with Crippen molar-refractivity contribution in [2.75, 3.05) is 12.4 Å². The summed E-state index contributed by atoms with van der Waals surface area (Å²) in [6.45, 7) is 7.67. The van der Waals surface area contributed by atoms with Gasteiger partial charge >= 0.3 is 5.97 Å². The van der Waals surface area contributed by atoms with Gasteiger partial charge in [0.05, 0.1) is 6.61 Å². The summed E-state index contributed by atoms with van der Waals surface area (Å²) in [6.07, 6.45) is 0.984. The quantitative estimate of drug-likeness (QED) is 0.619. The minimum absolute atomic E-state index is 0.0246. The van der Waals surface area contributed by atoms with Crippen molar-refractivity contribution in [3.05, 3.63) is 42.0 Å². The molecule has 0 spiro atoms. The SMILES string of the molecule is C=C(OCCC)c1ccccc1CC(=O)SCC(NC(C)=O)C(=O)O. The van der Waals surface area contributed by atoms with Gasteiger partial charge < -0.3 is 15.2 Å². The fraction of sp³-hybridized carbons (Fsp3) is 0.389. The lowest BCUT2D eigenvalue weighted by Crippen LogP contribution is -2.41. The van der Waals surface area contributed by atoms with Crippen LogP contribution in [0.5, 0.6) is 0 Å². The van der Waals surface area contributed by atoms with Crippen molar-refractivity contribution in [3.63, 3.8) is 0 Å². The van der Waals surface area contributed by atoms with Crippen molar-refractivity contribution < 1.29 is 24.2 Å². The third kappa shape index (κ3) is 7.43. The van der Waals surface area contributed by atoms with Crippen molar-refractivity contribution in [1.82, 2.24) is 5.32 Å². The highest BCUT2D eigenvalue weighted by Crippen LogP contribution is 2.21. The van der Waals surface area contributed by atoms with Crippen LogP contribution in [-0.4, -0.2) is 40.5 Å². The highest BCUT2D eigenvalue weighted by Gasteiger charge is 2.20. The molecule has 1 rings (SSSR count). The van der Waals surface area contributed by atoms with Gasteiger partial charge in [-0.05, 0) is 12.0 Å². The third-order valence-electron chi connectivity index (χ3n) is 3.22. The molecule has 1 aromatic carbocycles. The van der Waals surface area contributed by atoms with Crippen LogP contribution in [0.3, 0.4) is 0 Å². The molecular weight excluding hydrogens is 342 g/mol. The largest absolute Gasteiger partial charge is 0.494 e. The predicted molar refractivity (Wildman–Crippen MR) is 98.1 cm³/mol. The molecule has 0 fully saturated rings. The summed E-state index contributed by atoms with van der Waals surface area (Å²) in [7, 11) is 0. The maximum Gasteiger partial charge on any atom is 0.327 e. The van der Waals surface area contributed by atoms with E-state index in [4.69, 9.17) is 9.84 Å². The second kappa shape index (κ2) is 10.6. The van der Waals surface area contributed by atoms with E-state index in [1.54, 1.807) is 0 Å². The van der Waals surface area contributed by atoms with Crippen LogP contribution < -0.4 is 5.32 Å². The molecule has 0 saturated carbocycles. The first-order chi connectivity index (χ1) is 11.8. The molecular formula is C18H23NO5S. The first-order valence-corrected chi connectivity index (χ1v) is 8.89.